The fourth-order valence-electron chi connectivity index (χ4n) is 2.37. The first-order valence-electron chi connectivity index (χ1n) is 8.32. The summed E-state index contributed by atoms with van der Waals surface area (Å²) in [6.07, 6.45) is 1.51. The van der Waals surface area contributed by atoms with Gasteiger partial charge in [-0.25, -0.2) is 0 Å². The van der Waals surface area contributed by atoms with E-state index in [2.05, 4.69) is 10.2 Å². The lowest BCUT2D eigenvalue weighted by atomic mass is 9.81. The van der Waals surface area contributed by atoms with Gasteiger partial charge in [0, 0.05) is 19.6 Å². The van der Waals surface area contributed by atoms with Gasteiger partial charge in [-0.15, -0.1) is 0 Å². The van der Waals surface area contributed by atoms with Gasteiger partial charge in [0.05, 0.1) is 5.41 Å². The molecule has 1 aromatic rings. The van der Waals surface area contributed by atoms with Crippen LogP contribution in [-0.4, -0.2) is 44.6 Å². The highest BCUT2D eigenvalue weighted by molar-refractivity contribution is 5.82. The highest BCUT2D eigenvalue weighted by atomic mass is 16.5. The Balaban J connectivity index is 2.50. The van der Waals surface area contributed by atoms with Crippen LogP contribution in [0, 0.1) is 5.41 Å². The highest BCUT2D eigenvalue weighted by Crippen LogP contribution is 2.25. The maximum Gasteiger partial charge on any atom is 0.227 e. The third kappa shape index (κ3) is 5.84. The van der Waals surface area contributed by atoms with E-state index in [0.717, 1.165) is 30.7 Å². The molecule has 0 unspecified atom stereocenters. The molecule has 0 aliphatic rings. The monoisotopic (exact) mass is 321 g/mol. The standard InChI is InChI=1S/C18H31N3O2/c1-5-18(6-2,14-19)17(22)20-13-15-7-9-16(10-8-15)23-12-11-21(3)4/h7-10H,5-6,11-14,19H2,1-4H3,(H,20,22). The Kier molecular flexibility index (Phi) is 8.06. The molecule has 5 nitrogen and oxygen atoms in total. The predicted octanol–water partition coefficient (Wildman–Crippen LogP) is 2.01. The van der Waals surface area contributed by atoms with Crippen molar-refractivity contribution in [2.45, 2.75) is 33.2 Å². The number of likely N-dealkylation sites (N-methyl/N-ethyl adjacent to an activating group) is 1. The summed E-state index contributed by atoms with van der Waals surface area (Å²) in [5.41, 5.74) is 6.41. The molecule has 5 heteroatoms. The number of nitrogens with two attached hydrogens (primary N) is 1. The third-order valence-electron chi connectivity index (χ3n) is 4.41. The van der Waals surface area contributed by atoms with Crippen molar-refractivity contribution in [1.29, 1.82) is 0 Å². The molecule has 0 aliphatic carbocycles. The second-order valence-corrected chi connectivity index (χ2v) is 6.17. The maximum atomic E-state index is 12.4. The van der Waals surface area contributed by atoms with Crippen molar-refractivity contribution in [1.82, 2.24) is 10.2 Å². The summed E-state index contributed by atoms with van der Waals surface area (Å²) in [5.74, 6) is 0.886. The van der Waals surface area contributed by atoms with Crippen LogP contribution in [0.3, 0.4) is 0 Å². The van der Waals surface area contributed by atoms with E-state index in [1.807, 2.05) is 52.2 Å². The van der Waals surface area contributed by atoms with Crippen LogP contribution >= 0.6 is 0 Å². The number of rotatable bonds is 10. The minimum atomic E-state index is -0.449. The van der Waals surface area contributed by atoms with Crippen molar-refractivity contribution in [2.24, 2.45) is 11.1 Å². The Labute approximate surface area is 140 Å². The van der Waals surface area contributed by atoms with Crippen LogP contribution in [0.2, 0.25) is 0 Å². The van der Waals surface area contributed by atoms with Crippen molar-refractivity contribution in [3.63, 3.8) is 0 Å². The van der Waals surface area contributed by atoms with Crippen LogP contribution in [0.25, 0.3) is 0 Å². The fraction of sp³-hybridized carbons (Fsp3) is 0.611. The summed E-state index contributed by atoms with van der Waals surface area (Å²) in [5, 5.41) is 3.00. The number of amides is 1. The molecule has 0 aliphatic heterocycles. The van der Waals surface area contributed by atoms with E-state index in [1.165, 1.54) is 0 Å². The van der Waals surface area contributed by atoms with Gasteiger partial charge in [-0.05, 0) is 44.6 Å². The van der Waals surface area contributed by atoms with E-state index in [1.54, 1.807) is 0 Å². The zero-order chi connectivity index (χ0) is 17.3. The number of benzene rings is 1. The van der Waals surface area contributed by atoms with Gasteiger partial charge in [-0.3, -0.25) is 4.79 Å². The van der Waals surface area contributed by atoms with Crippen molar-refractivity contribution in [3.05, 3.63) is 29.8 Å². The summed E-state index contributed by atoms with van der Waals surface area (Å²) in [6.45, 7) is 6.46. The van der Waals surface area contributed by atoms with Gasteiger partial charge in [0.25, 0.3) is 0 Å². The van der Waals surface area contributed by atoms with E-state index >= 15 is 0 Å². The van der Waals surface area contributed by atoms with Gasteiger partial charge in [-0.2, -0.15) is 0 Å². The molecule has 0 atom stereocenters. The molecule has 130 valence electrons. The Morgan fingerprint density at radius 3 is 2.30 bits per heavy atom. The second-order valence-electron chi connectivity index (χ2n) is 6.17. The van der Waals surface area contributed by atoms with Crippen molar-refractivity contribution >= 4 is 5.91 Å². The quantitative estimate of drug-likeness (QED) is 0.692. The molecule has 0 fully saturated rings. The van der Waals surface area contributed by atoms with Crippen LogP contribution in [-0.2, 0) is 11.3 Å². The average Bonchev–Trinajstić information content (AvgIpc) is 2.56. The molecule has 0 heterocycles. The minimum absolute atomic E-state index is 0.0382. The Bertz CT molecular complexity index is 459. The molecule has 1 aromatic carbocycles. The zero-order valence-electron chi connectivity index (χ0n) is 14.9. The topological polar surface area (TPSA) is 67.6 Å². The van der Waals surface area contributed by atoms with Gasteiger partial charge in [0.1, 0.15) is 12.4 Å². The van der Waals surface area contributed by atoms with E-state index in [4.69, 9.17) is 10.5 Å². The van der Waals surface area contributed by atoms with Crippen LogP contribution in [0.1, 0.15) is 32.3 Å². The van der Waals surface area contributed by atoms with E-state index in [0.29, 0.717) is 19.7 Å². The summed E-state index contributed by atoms with van der Waals surface area (Å²) in [7, 11) is 4.03. The first-order chi connectivity index (χ1) is 11.0. The number of carbonyl (C=O) groups excluding carboxylic acids is 1. The van der Waals surface area contributed by atoms with Crippen molar-refractivity contribution in [3.8, 4) is 5.75 Å². The molecule has 3 N–H and O–H groups in total. The SMILES string of the molecule is CCC(CC)(CN)C(=O)NCc1ccc(OCCN(C)C)cc1. The number of ether oxygens (including phenoxy) is 1. The van der Waals surface area contributed by atoms with Gasteiger partial charge >= 0.3 is 0 Å². The number of nitrogens with one attached hydrogen (secondary N) is 1. The Hall–Kier alpha value is -1.59. The molecule has 0 saturated heterocycles. The molecule has 1 amide bonds. The lowest BCUT2D eigenvalue weighted by molar-refractivity contribution is -0.131. The lowest BCUT2D eigenvalue weighted by Gasteiger charge is -2.28. The number of hydrogen-bond donors (Lipinski definition) is 2. The van der Waals surface area contributed by atoms with Crippen molar-refractivity contribution in [2.75, 3.05) is 33.8 Å². The molecule has 0 aromatic heterocycles. The maximum absolute atomic E-state index is 12.4. The summed E-state index contributed by atoms with van der Waals surface area (Å²) in [4.78, 5) is 14.5. The second kappa shape index (κ2) is 9.53. The Morgan fingerprint density at radius 1 is 1.22 bits per heavy atom. The number of hydrogen-bond acceptors (Lipinski definition) is 4. The Morgan fingerprint density at radius 2 is 1.83 bits per heavy atom. The first-order valence-corrected chi connectivity index (χ1v) is 8.32. The zero-order valence-corrected chi connectivity index (χ0v) is 14.9. The van der Waals surface area contributed by atoms with Gasteiger partial charge in [0.2, 0.25) is 5.91 Å². The predicted molar refractivity (Wildman–Crippen MR) is 94.4 cm³/mol. The summed E-state index contributed by atoms with van der Waals surface area (Å²) >= 11 is 0. The molecule has 0 radical (unpaired) electrons. The smallest absolute Gasteiger partial charge is 0.227 e. The molecular formula is C18H31N3O2. The molecular weight excluding hydrogens is 290 g/mol. The molecule has 1 rings (SSSR count). The normalized spacial score (nSPS) is 11.6. The van der Waals surface area contributed by atoms with E-state index in [-0.39, 0.29) is 5.91 Å². The summed E-state index contributed by atoms with van der Waals surface area (Å²) in [6, 6.07) is 7.83. The van der Waals surface area contributed by atoms with Gasteiger partial charge in [0.15, 0.2) is 0 Å². The van der Waals surface area contributed by atoms with Crippen LogP contribution in [0.5, 0.6) is 5.75 Å². The van der Waals surface area contributed by atoms with E-state index < -0.39 is 5.41 Å². The third-order valence-corrected chi connectivity index (χ3v) is 4.41. The van der Waals surface area contributed by atoms with Crippen LogP contribution < -0.4 is 15.8 Å². The minimum Gasteiger partial charge on any atom is -0.492 e. The summed E-state index contributed by atoms with van der Waals surface area (Å²) < 4.78 is 5.66. The average molecular weight is 321 g/mol. The number of carbonyl (C=O) groups is 1. The number of nitrogens with zero attached hydrogens (tertiary/aromatic N) is 1. The fourth-order valence-corrected chi connectivity index (χ4v) is 2.37. The van der Waals surface area contributed by atoms with E-state index in [9.17, 15) is 4.79 Å². The molecule has 0 saturated carbocycles. The van der Waals surface area contributed by atoms with Crippen LogP contribution in [0.4, 0.5) is 0 Å². The first kappa shape index (κ1) is 19.5. The molecule has 0 spiro atoms. The molecule has 23 heavy (non-hydrogen) atoms. The largest absolute Gasteiger partial charge is 0.492 e. The van der Waals surface area contributed by atoms with Crippen molar-refractivity contribution < 1.29 is 9.53 Å². The van der Waals surface area contributed by atoms with Gasteiger partial charge in [-0.1, -0.05) is 26.0 Å². The molecule has 0 bridgehead atoms. The van der Waals surface area contributed by atoms with Gasteiger partial charge < -0.3 is 20.7 Å². The highest BCUT2D eigenvalue weighted by Gasteiger charge is 2.32. The lowest BCUT2D eigenvalue weighted by Crippen LogP contribution is -2.45. The van der Waals surface area contributed by atoms with Crippen LogP contribution in [0.15, 0.2) is 24.3 Å².